The maximum atomic E-state index is 4.84. The highest BCUT2D eigenvalue weighted by Crippen LogP contribution is 2.24. The van der Waals surface area contributed by atoms with Gasteiger partial charge in [-0.3, -0.25) is 4.99 Å². The molecule has 0 aliphatic rings. The second-order valence-corrected chi connectivity index (χ2v) is 5.80. The summed E-state index contributed by atoms with van der Waals surface area (Å²) in [4.78, 5) is 8.94. The van der Waals surface area contributed by atoms with Crippen LogP contribution in [0.25, 0.3) is 0 Å². The minimum absolute atomic E-state index is 0. The topological polar surface area (TPSA) is 18.8 Å². The lowest BCUT2D eigenvalue weighted by Crippen LogP contribution is -2.35. The summed E-state index contributed by atoms with van der Waals surface area (Å²) >= 11 is 0. The van der Waals surface area contributed by atoms with Crippen LogP contribution in [0.2, 0.25) is 0 Å². The number of benzene rings is 2. The van der Waals surface area contributed by atoms with Gasteiger partial charge in [0, 0.05) is 34.1 Å². The summed E-state index contributed by atoms with van der Waals surface area (Å²) in [5, 5.41) is 0. The molecule has 4 heteroatoms. The third-order valence-corrected chi connectivity index (χ3v) is 3.62. The van der Waals surface area contributed by atoms with E-state index in [9.17, 15) is 0 Å². The van der Waals surface area contributed by atoms with Gasteiger partial charge in [0.25, 0.3) is 0 Å². The summed E-state index contributed by atoms with van der Waals surface area (Å²) in [6.07, 6.45) is 0. The van der Waals surface area contributed by atoms with Crippen molar-refractivity contribution in [2.24, 2.45) is 4.99 Å². The van der Waals surface area contributed by atoms with Gasteiger partial charge in [-0.25, -0.2) is 0 Å². The van der Waals surface area contributed by atoms with Gasteiger partial charge in [0.05, 0.1) is 6.54 Å². The van der Waals surface area contributed by atoms with E-state index in [0.717, 1.165) is 12.5 Å². The molecular formula is C19H26IN3. The van der Waals surface area contributed by atoms with Crippen LogP contribution < -0.4 is 0 Å². The molecule has 0 fully saturated rings. The number of rotatable bonds is 4. The van der Waals surface area contributed by atoms with Crippen LogP contribution in [0, 0.1) is 0 Å². The van der Waals surface area contributed by atoms with Crippen LogP contribution in [0.1, 0.15) is 17.0 Å². The van der Waals surface area contributed by atoms with Crippen molar-refractivity contribution in [3.8, 4) is 0 Å². The molecule has 0 amide bonds. The Kier molecular flexibility index (Phi) is 8.09. The SMILES string of the molecule is CN(C)C(=NCC(c1ccccc1)c1ccccc1)N(C)C.I. The zero-order valence-electron chi connectivity index (χ0n) is 14.3. The molecule has 2 aromatic carbocycles. The lowest BCUT2D eigenvalue weighted by molar-refractivity contribution is 0.478. The van der Waals surface area contributed by atoms with Crippen molar-refractivity contribution in [2.75, 3.05) is 34.7 Å². The van der Waals surface area contributed by atoms with Crippen molar-refractivity contribution in [3.05, 3.63) is 71.8 Å². The molecule has 2 aromatic rings. The van der Waals surface area contributed by atoms with Crippen molar-refractivity contribution in [3.63, 3.8) is 0 Å². The monoisotopic (exact) mass is 423 g/mol. The molecule has 0 saturated carbocycles. The van der Waals surface area contributed by atoms with E-state index in [1.54, 1.807) is 0 Å². The van der Waals surface area contributed by atoms with E-state index in [0.29, 0.717) is 0 Å². The first-order valence-corrected chi connectivity index (χ1v) is 7.58. The highest BCUT2D eigenvalue weighted by molar-refractivity contribution is 14.0. The van der Waals surface area contributed by atoms with Gasteiger partial charge in [0.1, 0.15) is 0 Å². The third-order valence-electron chi connectivity index (χ3n) is 3.62. The average Bonchev–Trinajstić information content (AvgIpc) is 2.52. The minimum atomic E-state index is 0. The minimum Gasteiger partial charge on any atom is -0.349 e. The van der Waals surface area contributed by atoms with Crippen molar-refractivity contribution < 1.29 is 0 Å². The molecular weight excluding hydrogens is 397 g/mol. The Balaban J connectivity index is 0.00000264. The van der Waals surface area contributed by atoms with Crippen LogP contribution in [0.4, 0.5) is 0 Å². The predicted molar refractivity (Wildman–Crippen MR) is 110 cm³/mol. The van der Waals surface area contributed by atoms with Gasteiger partial charge < -0.3 is 9.80 Å². The first-order chi connectivity index (χ1) is 10.6. The first kappa shape index (κ1) is 19.5. The van der Waals surface area contributed by atoms with E-state index in [1.807, 2.05) is 38.0 Å². The van der Waals surface area contributed by atoms with Crippen LogP contribution in [-0.2, 0) is 0 Å². The number of hydrogen-bond donors (Lipinski definition) is 0. The molecule has 0 bridgehead atoms. The van der Waals surface area contributed by atoms with Gasteiger partial charge in [-0.1, -0.05) is 60.7 Å². The van der Waals surface area contributed by atoms with E-state index in [1.165, 1.54) is 11.1 Å². The van der Waals surface area contributed by atoms with Gasteiger partial charge >= 0.3 is 0 Å². The molecule has 0 N–H and O–H groups in total. The molecule has 0 aromatic heterocycles. The summed E-state index contributed by atoms with van der Waals surface area (Å²) in [6, 6.07) is 21.2. The zero-order valence-corrected chi connectivity index (χ0v) is 16.6. The second-order valence-electron chi connectivity index (χ2n) is 5.80. The van der Waals surface area contributed by atoms with Crippen molar-refractivity contribution in [2.45, 2.75) is 5.92 Å². The quantitative estimate of drug-likeness (QED) is 0.422. The Hall–Kier alpha value is -1.56. The molecule has 0 spiro atoms. The Morgan fingerprint density at radius 2 is 1.17 bits per heavy atom. The highest BCUT2D eigenvalue weighted by atomic mass is 127. The lowest BCUT2D eigenvalue weighted by Gasteiger charge is -2.24. The van der Waals surface area contributed by atoms with Gasteiger partial charge in [-0.05, 0) is 11.1 Å². The maximum absolute atomic E-state index is 4.84. The molecule has 0 atom stereocenters. The molecule has 0 heterocycles. The number of aliphatic imine (C=N–C) groups is 1. The first-order valence-electron chi connectivity index (χ1n) is 7.58. The lowest BCUT2D eigenvalue weighted by atomic mass is 9.91. The molecule has 0 aliphatic carbocycles. The normalized spacial score (nSPS) is 9.96. The van der Waals surface area contributed by atoms with Gasteiger partial charge in [-0.2, -0.15) is 0 Å². The fourth-order valence-electron chi connectivity index (χ4n) is 2.63. The van der Waals surface area contributed by atoms with Crippen molar-refractivity contribution >= 4 is 29.9 Å². The van der Waals surface area contributed by atoms with Gasteiger partial charge in [0.15, 0.2) is 5.96 Å². The number of nitrogens with zero attached hydrogens (tertiary/aromatic N) is 3. The summed E-state index contributed by atoms with van der Waals surface area (Å²) < 4.78 is 0. The fourth-order valence-corrected chi connectivity index (χ4v) is 2.63. The molecule has 0 aliphatic heterocycles. The third kappa shape index (κ3) is 5.53. The summed E-state index contributed by atoms with van der Waals surface area (Å²) in [7, 11) is 8.11. The molecule has 0 radical (unpaired) electrons. The summed E-state index contributed by atoms with van der Waals surface area (Å²) in [5.41, 5.74) is 2.60. The molecule has 2 rings (SSSR count). The van der Waals surface area contributed by atoms with Crippen LogP contribution in [0.5, 0.6) is 0 Å². The fraction of sp³-hybridized carbons (Fsp3) is 0.316. The number of halogens is 1. The van der Waals surface area contributed by atoms with E-state index >= 15 is 0 Å². The highest BCUT2D eigenvalue weighted by Gasteiger charge is 2.14. The van der Waals surface area contributed by atoms with E-state index in [2.05, 4.69) is 60.7 Å². The summed E-state index contributed by atoms with van der Waals surface area (Å²) in [5.74, 6) is 1.26. The number of hydrogen-bond acceptors (Lipinski definition) is 1. The second kappa shape index (κ2) is 9.55. The van der Waals surface area contributed by atoms with Crippen LogP contribution in [0.3, 0.4) is 0 Å². The predicted octanol–water partition coefficient (Wildman–Crippen LogP) is 3.92. The largest absolute Gasteiger partial charge is 0.349 e. The Bertz CT molecular complexity index is 545. The Morgan fingerprint density at radius 3 is 1.52 bits per heavy atom. The van der Waals surface area contributed by atoms with E-state index < -0.39 is 0 Å². The van der Waals surface area contributed by atoms with Crippen LogP contribution >= 0.6 is 24.0 Å². The zero-order chi connectivity index (χ0) is 15.9. The van der Waals surface area contributed by atoms with Crippen molar-refractivity contribution in [1.29, 1.82) is 0 Å². The van der Waals surface area contributed by atoms with Crippen LogP contribution in [-0.4, -0.2) is 50.5 Å². The summed E-state index contributed by atoms with van der Waals surface area (Å²) in [6.45, 7) is 0.736. The average molecular weight is 423 g/mol. The van der Waals surface area contributed by atoms with Crippen molar-refractivity contribution in [1.82, 2.24) is 9.80 Å². The van der Waals surface area contributed by atoms with Crippen LogP contribution in [0.15, 0.2) is 65.7 Å². The number of guanidine groups is 1. The molecule has 3 nitrogen and oxygen atoms in total. The van der Waals surface area contributed by atoms with Gasteiger partial charge in [-0.15, -0.1) is 24.0 Å². The molecule has 23 heavy (non-hydrogen) atoms. The standard InChI is InChI=1S/C19H25N3.HI/c1-21(2)19(22(3)4)20-15-18(16-11-7-5-8-12-16)17-13-9-6-10-14-17;/h5-14,18H,15H2,1-4H3;1H. The molecule has 124 valence electrons. The van der Waals surface area contributed by atoms with E-state index in [4.69, 9.17) is 4.99 Å². The Morgan fingerprint density at radius 1 is 0.783 bits per heavy atom. The Labute approximate surface area is 157 Å². The maximum Gasteiger partial charge on any atom is 0.195 e. The smallest absolute Gasteiger partial charge is 0.195 e. The molecule has 0 unspecified atom stereocenters. The molecule has 0 saturated heterocycles. The van der Waals surface area contributed by atoms with Gasteiger partial charge in [0.2, 0.25) is 0 Å². The van der Waals surface area contributed by atoms with E-state index in [-0.39, 0.29) is 29.9 Å².